The molecule has 2 aromatic heterocycles. The summed E-state index contributed by atoms with van der Waals surface area (Å²) in [6.45, 7) is 1.62. The molecule has 0 radical (unpaired) electrons. The highest BCUT2D eigenvalue weighted by Crippen LogP contribution is 2.22. The minimum Gasteiger partial charge on any atom is -0.463 e. The number of aromatic nitrogens is 2. The van der Waals surface area contributed by atoms with Crippen LogP contribution in [0.5, 0.6) is 0 Å². The maximum atomic E-state index is 12.4. The Hall–Kier alpha value is -2.13. The van der Waals surface area contributed by atoms with Gasteiger partial charge in [0.05, 0.1) is 17.8 Å². The number of likely N-dealkylation sites (tertiary alicyclic amines) is 1. The number of carbonyl (C=O) groups is 1. The van der Waals surface area contributed by atoms with Gasteiger partial charge in [0, 0.05) is 31.2 Å². The zero-order valence-corrected chi connectivity index (χ0v) is 15.2. The lowest BCUT2D eigenvalue weighted by Crippen LogP contribution is -2.48. The number of aromatic amines is 1. The van der Waals surface area contributed by atoms with Crippen LogP contribution in [0.15, 0.2) is 28.9 Å². The van der Waals surface area contributed by atoms with Crippen LogP contribution in [0.2, 0.25) is 0 Å². The third-order valence-corrected chi connectivity index (χ3v) is 6.94. The van der Waals surface area contributed by atoms with Gasteiger partial charge in [-0.05, 0) is 31.4 Å². The second-order valence-corrected chi connectivity index (χ2v) is 9.21. The van der Waals surface area contributed by atoms with Gasteiger partial charge in [-0.25, -0.2) is 8.42 Å². The number of nitrogens with zero attached hydrogens (tertiary/aromatic N) is 2. The first-order valence-corrected chi connectivity index (χ1v) is 10.7. The molecule has 8 nitrogen and oxygen atoms in total. The average Bonchev–Trinajstić information content (AvgIpc) is 3.35. The van der Waals surface area contributed by atoms with Crippen molar-refractivity contribution in [2.24, 2.45) is 0 Å². The minimum absolute atomic E-state index is 0.0838. The fourth-order valence-corrected chi connectivity index (χ4v) is 5.49. The summed E-state index contributed by atoms with van der Waals surface area (Å²) in [6, 6.07) is 5.47. The summed E-state index contributed by atoms with van der Waals surface area (Å²) in [5, 5.41) is 9.89. The number of furan rings is 1. The Bertz CT molecular complexity index is 866. The van der Waals surface area contributed by atoms with Gasteiger partial charge in [-0.1, -0.05) is 0 Å². The van der Waals surface area contributed by atoms with Gasteiger partial charge in [-0.15, -0.1) is 0 Å². The molecule has 0 saturated carbocycles. The number of hydrogen-bond donors (Lipinski definition) is 2. The Balaban J connectivity index is 1.30. The number of amides is 1. The van der Waals surface area contributed by atoms with E-state index in [1.165, 1.54) is 0 Å². The van der Waals surface area contributed by atoms with Crippen LogP contribution in [0.25, 0.3) is 11.5 Å². The molecule has 0 aromatic carbocycles. The standard InChI is InChI=1S/C17H22N4O4S/c22-17(15-10-14(19-20-15)16-2-1-8-25-16)18-12-3-6-21(7-4-12)13-5-9-26(23,24)11-13/h1-2,8,10,12-13H,3-7,9,11H2,(H,18,22)(H,19,20)/t13-/m1/s1. The van der Waals surface area contributed by atoms with Gasteiger partial charge in [-0.3, -0.25) is 14.8 Å². The van der Waals surface area contributed by atoms with E-state index in [1.807, 2.05) is 0 Å². The number of H-pyrrole nitrogens is 1. The predicted molar refractivity (Wildman–Crippen MR) is 95.4 cm³/mol. The van der Waals surface area contributed by atoms with Crippen molar-refractivity contribution in [2.45, 2.75) is 31.3 Å². The van der Waals surface area contributed by atoms with Crippen molar-refractivity contribution in [2.75, 3.05) is 24.6 Å². The van der Waals surface area contributed by atoms with Crippen molar-refractivity contribution >= 4 is 15.7 Å². The number of rotatable bonds is 4. The van der Waals surface area contributed by atoms with Crippen LogP contribution in [0.4, 0.5) is 0 Å². The molecule has 0 bridgehead atoms. The highest BCUT2D eigenvalue weighted by atomic mass is 32.2. The monoisotopic (exact) mass is 378 g/mol. The molecule has 2 aliphatic rings. The van der Waals surface area contributed by atoms with Gasteiger partial charge in [0.1, 0.15) is 5.69 Å². The van der Waals surface area contributed by atoms with Crippen LogP contribution in [0, 0.1) is 0 Å². The molecular weight excluding hydrogens is 356 g/mol. The van der Waals surface area contributed by atoms with Crippen molar-refractivity contribution in [3.63, 3.8) is 0 Å². The molecule has 4 rings (SSSR count). The summed E-state index contributed by atoms with van der Waals surface area (Å²) in [7, 11) is -2.86. The van der Waals surface area contributed by atoms with Gasteiger partial charge in [-0.2, -0.15) is 5.10 Å². The van der Waals surface area contributed by atoms with E-state index in [4.69, 9.17) is 4.42 Å². The van der Waals surface area contributed by atoms with Gasteiger partial charge < -0.3 is 9.73 Å². The maximum Gasteiger partial charge on any atom is 0.272 e. The number of hydrogen-bond acceptors (Lipinski definition) is 6. The molecule has 0 spiro atoms. The van der Waals surface area contributed by atoms with Crippen LogP contribution in [0.1, 0.15) is 29.8 Å². The Morgan fingerprint density at radius 3 is 2.77 bits per heavy atom. The number of sulfone groups is 1. The summed E-state index contributed by atoms with van der Waals surface area (Å²) in [5.74, 6) is 0.996. The molecular formula is C17H22N4O4S. The molecule has 4 heterocycles. The second-order valence-electron chi connectivity index (χ2n) is 6.98. The SMILES string of the molecule is O=C(NC1CCN([C@@H]2CCS(=O)(=O)C2)CC1)c1cc(-c2ccco2)[nH]n1. The molecule has 1 amide bonds. The van der Waals surface area contributed by atoms with Crippen molar-refractivity contribution in [1.29, 1.82) is 0 Å². The van der Waals surface area contributed by atoms with E-state index in [2.05, 4.69) is 20.4 Å². The van der Waals surface area contributed by atoms with E-state index >= 15 is 0 Å². The zero-order chi connectivity index (χ0) is 18.1. The summed E-state index contributed by atoms with van der Waals surface area (Å²) < 4.78 is 28.6. The molecule has 9 heteroatoms. The van der Waals surface area contributed by atoms with E-state index in [9.17, 15) is 13.2 Å². The van der Waals surface area contributed by atoms with Crippen molar-refractivity contribution in [3.8, 4) is 11.5 Å². The molecule has 140 valence electrons. The van der Waals surface area contributed by atoms with Crippen molar-refractivity contribution in [3.05, 3.63) is 30.2 Å². The predicted octanol–water partition coefficient (Wildman–Crippen LogP) is 1.05. The first-order chi connectivity index (χ1) is 12.5. The van der Waals surface area contributed by atoms with Crippen LogP contribution >= 0.6 is 0 Å². The first-order valence-electron chi connectivity index (χ1n) is 8.85. The lowest BCUT2D eigenvalue weighted by Gasteiger charge is -2.35. The van der Waals surface area contributed by atoms with E-state index in [-0.39, 0.29) is 23.7 Å². The molecule has 2 fully saturated rings. The third-order valence-electron chi connectivity index (χ3n) is 5.19. The maximum absolute atomic E-state index is 12.4. The zero-order valence-electron chi connectivity index (χ0n) is 14.3. The Kier molecular flexibility index (Phi) is 4.58. The van der Waals surface area contributed by atoms with Gasteiger partial charge in [0.2, 0.25) is 0 Å². The van der Waals surface area contributed by atoms with Crippen molar-refractivity contribution < 1.29 is 17.6 Å². The highest BCUT2D eigenvalue weighted by molar-refractivity contribution is 7.91. The lowest BCUT2D eigenvalue weighted by molar-refractivity contribution is 0.0893. The minimum atomic E-state index is -2.86. The lowest BCUT2D eigenvalue weighted by atomic mass is 10.0. The molecule has 2 aliphatic heterocycles. The fraction of sp³-hybridized carbons (Fsp3) is 0.529. The molecule has 1 atom stereocenters. The number of piperidine rings is 1. The van der Waals surface area contributed by atoms with Crippen LogP contribution in [-0.4, -0.2) is 66.1 Å². The van der Waals surface area contributed by atoms with Crippen LogP contribution < -0.4 is 5.32 Å². The molecule has 26 heavy (non-hydrogen) atoms. The van der Waals surface area contributed by atoms with Gasteiger partial charge in [0.25, 0.3) is 5.91 Å². The van der Waals surface area contributed by atoms with E-state index in [0.717, 1.165) is 32.4 Å². The smallest absolute Gasteiger partial charge is 0.272 e. The molecule has 2 aromatic rings. The Labute approximate surface area is 151 Å². The molecule has 2 saturated heterocycles. The number of nitrogens with one attached hydrogen (secondary N) is 2. The van der Waals surface area contributed by atoms with E-state index < -0.39 is 9.84 Å². The van der Waals surface area contributed by atoms with Gasteiger partial charge in [0.15, 0.2) is 21.3 Å². The third kappa shape index (κ3) is 3.68. The topological polar surface area (TPSA) is 108 Å². The average molecular weight is 378 g/mol. The van der Waals surface area contributed by atoms with E-state index in [0.29, 0.717) is 22.9 Å². The molecule has 0 aliphatic carbocycles. The summed E-state index contributed by atoms with van der Waals surface area (Å²) in [4.78, 5) is 14.6. The van der Waals surface area contributed by atoms with Crippen molar-refractivity contribution in [1.82, 2.24) is 20.4 Å². The molecule has 0 unspecified atom stereocenters. The largest absolute Gasteiger partial charge is 0.463 e. The normalized spacial score (nSPS) is 23.9. The Morgan fingerprint density at radius 1 is 1.31 bits per heavy atom. The fourth-order valence-electron chi connectivity index (χ4n) is 3.73. The second kappa shape index (κ2) is 6.88. The summed E-state index contributed by atoms with van der Waals surface area (Å²) in [6.07, 6.45) is 3.93. The highest BCUT2D eigenvalue weighted by Gasteiger charge is 2.34. The summed E-state index contributed by atoms with van der Waals surface area (Å²) >= 11 is 0. The van der Waals surface area contributed by atoms with Crippen LogP contribution in [0.3, 0.4) is 0 Å². The molecule has 2 N–H and O–H groups in total. The van der Waals surface area contributed by atoms with E-state index in [1.54, 1.807) is 24.5 Å². The quantitative estimate of drug-likeness (QED) is 0.823. The number of carbonyl (C=O) groups excluding carboxylic acids is 1. The first kappa shape index (κ1) is 17.3. The Morgan fingerprint density at radius 2 is 2.12 bits per heavy atom. The van der Waals surface area contributed by atoms with Crippen LogP contribution in [-0.2, 0) is 9.84 Å². The summed E-state index contributed by atoms with van der Waals surface area (Å²) in [5.41, 5.74) is 0.998. The van der Waals surface area contributed by atoms with Gasteiger partial charge >= 0.3 is 0 Å².